The Hall–Kier alpha value is -3.49. The maximum absolute atomic E-state index is 13.9. The minimum absolute atomic E-state index is 0.275. The number of hydrogen-bond acceptors (Lipinski definition) is 5. The summed E-state index contributed by atoms with van der Waals surface area (Å²) in [5.41, 5.74) is 2.58. The average molecular weight is 532 g/mol. The zero-order valence-corrected chi connectivity index (χ0v) is 23.2. The lowest BCUT2D eigenvalue weighted by Gasteiger charge is -2.14. The molecule has 0 aliphatic rings. The summed E-state index contributed by atoms with van der Waals surface area (Å²) in [7, 11) is 0. The standard InChI is InChI=1S/C31H41N5O3/c1-3-5-12-19-36-30(38)28-29(35(31(36)39)20-17-24-13-8-6-9-14-24)33-27(22-25-15-10-7-11-16-25)34(28)21-18-32-23-26(37)4-2/h6-11,13-16,26,32,37H,3-5,12,17-23H2,1-2H3. The highest BCUT2D eigenvalue weighted by molar-refractivity contribution is 5.71. The van der Waals surface area contributed by atoms with Gasteiger partial charge in [0.15, 0.2) is 11.2 Å². The molecule has 2 aromatic carbocycles. The Kier molecular flexibility index (Phi) is 10.3. The number of aromatic nitrogens is 4. The number of hydrogen-bond donors (Lipinski definition) is 2. The molecule has 4 rings (SSSR count). The highest BCUT2D eigenvalue weighted by atomic mass is 16.3. The van der Waals surface area contributed by atoms with E-state index in [4.69, 9.17) is 4.98 Å². The second kappa shape index (κ2) is 14.1. The summed E-state index contributed by atoms with van der Waals surface area (Å²) in [6, 6.07) is 20.1. The van der Waals surface area contributed by atoms with E-state index in [9.17, 15) is 14.7 Å². The van der Waals surface area contributed by atoms with Gasteiger partial charge in [-0.15, -0.1) is 0 Å². The molecule has 8 nitrogen and oxygen atoms in total. The summed E-state index contributed by atoms with van der Waals surface area (Å²) < 4.78 is 5.07. The predicted octanol–water partition coefficient (Wildman–Crippen LogP) is 3.74. The summed E-state index contributed by atoms with van der Waals surface area (Å²) in [5, 5.41) is 13.3. The number of benzene rings is 2. The predicted molar refractivity (Wildman–Crippen MR) is 156 cm³/mol. The van der Waals surface area contributed by atoms with Crippen molar-refractivity contribution in [2.24, 2.45) is 0 Å². The van der Waals surface area contributed by atoms with Crippen LogP contribution in [0.5, 0.6) is 0 Å². The van der Waals surface area contributed by atoms with Crippen LogP contribution in [0.1, 0.15) is 56.5 Å². The van der Waals surface area contributed by atoms with Crippen molar-refractivity contribution in [1.29, 1.82) is 0 Å². The van der Waals surface area contributed by atoms with Crippen molar-refractivity contribution in [3.8, 4) is 0 Å². The van der Waals surface area contributed by atoms with Crippen LogP contribution in [0.15, 0.2) is 70.3 Å². The van der Waals surface area contributed by atoms with Crippen molar-refractivity contribution in [3.63, 3.8) is 0 Å². The molecule has 1 atom stereocenters. The quantitative estimate of drug-likeness (QED) is 0.228. The van der Waals surface area contributed by atoms with Crippen molar-refractivity contribution in [2.45, 2.75) is 78.1 Å². The van der Waals surface area contributed by atoms with Gasteiger partial charge in [-0.3, -0.25) is 13.9 Å². The van der Waals surface area contributed by atoms with Gasteiger partial charge in [-0.05, 0) is 30.4 Å². The van der Waals surface area contributed by atoms with Crippen molar-refractivity contribution < 1.29 is 5.11 Å². The lowest BCUT2D eigenvalue weighted by Crippen LogP contribution is -2.41. The number of unbranched alkanes of at least 4 members (excludes halogenated alkanes) is 2. The molecule has 0 aliphatic carbocycles. The summed E-state index contributed by atoms with van der Waals surface area (Å²) in [6.07, 6.45) is 4.22. The number of fused-ring (bicyclic) bond motifs is 1. The maximum Gasteiger partial charge on any atom is 0.332 e. The van der Waals surface area contributed by atoms with E-state index in [2.05, 4.69) is 24.4 Å². The first-order valence-corrected chi connectivity index (χ1v) is 14.2. The molecule has 2 heterocycles. The smallest absolute Gasteiger partial charge is 0.332 e. The van der Waals surface area contributed by atoms with Gasteiger partial charge in [0.2, 0.25) is 0 Å². The van der Waals surface area contributed by atoms with E-state index in [0.717, 1.165) is 36.2 Å². The molecule has 0 bridgehead atoms. The number of nitrogens with one attached hydrogen (secondary N) is 1. The zero-order valence-electron chi connectivity index (χ0n) is 23.2. The Labute approximate surface area is 230 Å². The van der Waals surface area contributed by atoms with Crippen LogP contribution in [-0.4, -0.2) is 43.0 Å². The van der Waals surface area contributed by atoms with Gasteiger partial charge in [-0.1, -0.05) is 87.4 Å². The number of aliphatic hydroxyl groups is 1. The fraction of sp³-hybridized carbons (Fsp3) is 0.452. The van der Waals surface area contributed by atoms with Crippen LogP contribution in [0.2, 0.25) is 0 Å². The molecule has 0 radical (unpaired) electrons. The first-order chi connectivity index (χ1) is 19.0. The summed E-state index contributed by atoms with van der Waals surface area (Å²) >= 11 is 0. The van der Waals surface area contributed by atoms with E-state index in [0.29, 0.717) is 63.2 Å². The minimum Gasteiger partial charge on any atom is -0.392 e. The van der Waals surface area contributed by atoms with E-state index < -0.39 is 6.10 Å². The molecule has 0 amide bonds. The van der Waals surface area contributed by atoms with Gasteiger partial charge in [0.05, 0.1) is 6.10 Å². The summed E-state index contributed by atoms with van der Waals surface area (Å²) in [5.74, 6) is 0.755. The molecular formula is C31H41N5O3. The Bertz CT molecular complexity index is 1440. The van der Waals surface area contributed by atoms with Gasteiger partial charge in [0.25, 0.3) is 5.56 Å². The molecule has 208 valence electrons. The molecule has 1 unspecified atom stereocenters. The monoisotopic (exact) mass is 531 g/mol. The normalized spacial score (nSPS) is 12.3. The van der Waals surface area contributed by atoms with Crippen LogP contribution in [0.4, 0.5) is 0 Å². The Morgan fingerprint density at radius 1 is 0.846 bits per heavy atom. The summed E-state index contributed by atoms with van der Waals surface area (Å²) in [6.45, 7) is 6.46. The Morgan fingerprint density at radius 3 is 2.21 bits per heavy atom. The number of aryl methyl sites for hydroxylation is 2. The fourth-order valence-corrected chi connectivity index (χ4v) is 4.90. The van der Waals surface area contributed by atoms with Crippen LogP contribution in [0.3, 0.4) is 0 Å². The van der Waals surface area contributed by atoms with E-state index in [-0.39, 0.29) is 11.2 Å². The molecule has 0 saturated carbocycles. The largest absolute Gasteiger partial charge is 0.392 e. The van der Waals surface area contributed by atoms with E-state index in [1.165, 1.54) is 4.57 Å². The molecule has 0 spiro atoms. The number of rotatable bonds is 15. The third-order valence-electron chi connectivity index (χ3n) is 7.21. The third-order valence-corrected chi connectivity index (χ3v) is 7.21. The van der Waals surface area contributed by atoms with Crippen LogP contribution < -0.4 is 16.6 Å². The second-order valence-electron chi connectivity index (χ2n) is 10.1. The first-order valence-electron chi connectivity index (χ1n) is 14.2. The van der Waals surface area contributed by atoms with Crippen LogP contribution in [0, 0.1) is 0 Å². The molecule has 0 fully saturated rings. The number of imidazole rings is 1. The first kappa shape index (κ1) is 28.5. The Balaban J connectivity index is 1.80. The van der Waals surface area contributed by atoms with Crippen molar-refractivity contribution >= 4 is 11.2 Å². The maximum atomic E-state index is 13.9. The van der Waals surface area contributed by atoms with Crippen molar-refractivity contribution in [3.05, 3.63) is 98.5 Å². The molecule has 39 heavy (non-hydrogen) atoms. The van der Waals surface area contributed by atoms with Crippen molar-refractivity contribution in [1.82, 2.24) is 24.0 Å². The topological polar surface area (TPSA) is 94.1 Å². The SMILES string of the molecule is CCCCCn1c(=O)c2c(nc(Cc3ccccc3)n2CCNCC(O)CC)n(CCc2ccccc2)c1=O. The van der Waals surface area contributed by atoms with Crippen LogP contribution in [-0.2, 0) is 32.5 Å². The average Bonchev–Trinajstić information content (AvgIpc) is 3.31. The molecule has 4 aromatic rings. The van der Waals surface area contributed by atoms with Gasteiger partial charge < -0.3 is 15.0 Å². The fourth-order valence-electron chi connectivity index (χ4n) is 4.90. The van der Waals surface area contributed by atoms with Crippen LogP contribution >= 0.6 is 0 Å². The van der Waals surface area contributed by atoms with Gasteiger partial charge in [-0.2, -0.15) is 0 Å². The lowest BCUT2D eigenvalue weighted by molar-refractivity contribution is 0.167. The highest BCUT2D eigenvalue weighted by Crippen LogP contribution is 2.17. The van der Waals surface area contributed by atoms with Gasteiger partial charge in [-0.25, -0.2) is 9.78 Å². The van der Waals surface area contributed by atoms with Gasteiger partial charge in [0, 0.05) is 39.1 Å². The van der Waals surface area contributed by atoms with Gasteiger partial charge >= 0.3 is 5.69 Å². The van der Waals surface area contributed by atoms with Crippen molar-refractivity contribution in [2.75, 3.05) is 13.1 Å². The van der Waals surface area contributed by atoms with E-state index in [1.807, 2.05) is 60.0 Å². The number of nitrogens with zero attached hydrogens (tertiary/aromatic N) is 4. The molecule has 8 heteroatoms. The molecule has 0 aliphatic heterocycles. The second-order valence-corrected chi connectivity index (χ2v) is 10.1. The lowest BCUT2D eigenvalue weighted by atomic mass is 10.1. The van der Waals surface area contributed by atoms with E-state index >= 15 is 0 Å². The Morgan fingerprint density at radius 2 is 1.54 bits per heavy atom. The van der Waals surface area contributed by atoms with Gasteiger partial charge in [0.1, 0.15) is 5.82 Å². The summed E-state index contributed by atoms with van der Waals surface area (Å²) in [4.78, 5) is 32.5. The van der Waals surface area contributed by atoms with Crippen LogP contribution in [0.25, 0.3) is 11.2 Å². The molecular weight excluding hydrogens is 490 g/mol. The minimum atomic E-state index is -0.410. The molecule has 2 aromatic heterocycles. The third kappa shape index (κ3) is 7.13. The zero-order chi connectivity index (χ0) is 27.6. The molecule has 0 saturated heterocycles. The highest BCUT2D eigenvalue weighted by Gasteiger charge is 2.22. The van der Waals surface area contributed by atoms with E-state index in [1.54, 1.807) is 4.57 Å². The number of aliphatic hydroxyl groups excluding tert-OH is 1. The molecule has 2 N–H and O–H groups in total.